The van der Waals surface area contributed by atoms with E-state index in [0.717, 1.165) is 24.2 Å². The first-order valence-corrected chi connectivity index (χ1v) is 8.39. The van der Waals surface area contributed by atoms with Crippen LogP contribution in [0.2, 0.25) is 0 Å². The fourth-order valence-corrected chi connectivity index (χ4v) is 3.35. The van der Waals surface area contributed by atoms with Crippen LogP contribution in [0.15, 0.2) is 48.5 Å². The SMILES string of the molecule is COc1ccc2c(c1)CCC(C(=O)N(CC(N)=O)c1ccccc1)C2. The molecule has 0 aliphatic heterocycles. The summed E-state index contributed by atoms with van der Waals surface area (Å²) in [4.78, 5) is 26.0. The highest BCUT2D eigenvalue weighted by Gasteiger charge is 2.30. The Bertz CT molecular complexity index is 774. The highest BCUT2D eigenvalue weighted by molar-refractivity contribution is 5.99. The first kappa shape index (κ1) is 17.0. The van der Waals surface area contributed by atoms with Crippen LogP contribution in [0, 0.1) is 5.92 Å². The van der Waals surface area contributed by atoms with Crippen LogP contribution < -0.4 is 15.4 Å². The van der Waals surface area contributed by atoms with Crippen LogP contribution in [0.1, 0.15) is 17.5 Å². The van der Waals surface area contributed by atoms with Crippen molar-refractivity contribution in [1.82, 2.24) is 0 Å². The highest BCUT2D eigenvalue weighted by Crippen LogP contribution is 2.30. The number of nitrogens with zero attached hydrogens (tertiary/aromatic N) is 1. The van der Waals surface area contributed by atoms with E-state index in [1.54, 1.807) is 7.11 Å². The molecule has 5 nitrogen and oxygen atoms in total. The predicted molar refractivity (Wildman–Crippen MR) is 96.5 cm³/mol. The number of ether oxygens (including phenoxy) is 1. The summed E-state index contributed by atoms with van der Waals surface area (Å²) in [7, 11) is 1.65. The quantitative estimate of drug-likeness (QED) is 0.909. The zero-order valence-corrected chi connectivity index (χ0v) is 14.3. The van der Waals surface area contributed by atoms with Gasteiger partial charge in [0.2, 0.25) is 11.8 Å². The van der Waals surface area contributed by atoms with Gasteiger partial charge in [-0.2, -0.15) is 0 Å². The van der Waals surface area contributed by atoms with Gasteiger partial charge in [-0.15, -0.1) is 0 Å². The van der Waals surface area contributed by atoms with Crippen molar-refractivity contribution in [3.8, 4) is 5.75 Å². The summed E-state index contributed by atoms with van der Waals surface area (Å²) in [6.45, 7) is -0.102. The summed E-state index contributed by atoms with van der Waals surface area (Å²) >= 11 is 0. The van der Waals surface area contributed by atoms with Crippen molar-refractivity contribution in [1.29, 1.82) is 0 Å². The fourth-order valence-electron chi connectivity index (χ4n) is 3.35. The molecule has 0 bridgehead atoms. The number of primary amides is 1. The number of hydrogen-bond acceptors (Lipinski definition) is 3. The van der Waals surface area contributed by atoms with E-state index in [9.17, 15) is 9.59 Å². The van der Waals surface area contributed by atoms with Crippen LogP contribution >= 0.6 is 0 Å². The van der Waals surface area contributed by atoms with Crippen LogP contribution in [0.3, 0.4) is 0 Å². The molecule has 3 rings (SSSR count). The lowest BCUT2D eigenvalue weighted by atomic mass is 9.83. The Morgan fingerprint density at radius 3 is 2.60 bits per heavy atom. The number of carbonyl (C=O) groups excluding carboxylic acids is 2. The van der Waals surface area contributed by atoms with Gasteiger partial charge in [-0.05, 0) is 54.7 Å². The van der Waals surface area contributed by atoms with E-state index < -0.39 is 5.91 Å². The van der Waals surface area contributed by atoms with Crippen molar-refractivity contribution in [3.05, 3.63) is 59.7 Å². The molecule has 0 saturated heterocycles. The molecule has 0 aromatic heterocycles. The van der Waals surface area contributed by atoms with Gasteiger partial charge in [0.1, 0.15) is 12.3 Å². The van der Waals surface area contributed by atoms with Gasteiger partial charge in [0.25, 0.3) is 0 Å². The predicted octanol–water partition coefficient (Wildman–Crippen LogP) is 2.32. The largest absolute Gasteiger partial charge is 0.497 e. The van der Waals surface area contributed by atoms with E-state index in [1.807, 2.05) is 48.5 Å². The van der Waals surface area contributed by atoms with Gasteiger partial charge in [0.15, 0.2) is 0 Å². The highest BCUT2D eigenvalue weighted by atomic mass is 16.5. The van der Waals surface area contributed by atoms with Crippen molar-refractivity contribution >= 4 is 17.5 Å². The molecule has 0 radical (unpaired) electrons. The second-order valence-corrected chi connectivity index (χ2v) is 6.30. The second-order valence-electron chi connectivity index (χ2n) is 6.30. The van der Waals surface area contributed by atoms with Gasteiger partial charge >= 0.3 is 0 Å². The van der Waals surface area contributed by atoms with Gasteiger partial charge in [-0.25, -0.2) is 0 Å². The standard InChI is InChI=1S/C20H22N2O3/c1-25-18-10-9-14-11-16(8-7-15(14)12-18)20(24)22(13-19(21)23)17-5-3-2-4-6-17/h2-6,9-10,12,16H,7-8,11,13H2,1H3,(H2,21,23). The first-order valence-electron chi connectivity index (χ1n) is 8.39. The number of anilines is 1. The van der Waals surface area contributed by atoms with Crippen molar-refractivity contribution in [2.75, 3.05) is 18.6 Å². The lowest BCUT2D eigenvalue weighted by Crippen LogP contribution is -2.43. The zero-order valence-electron chi connectivity index (χ0n) is 14.3. The maximum Gasteiger partial charge on any atom is 0.237 e. The maximum absolute atomic E-state index is 13.1. The third kappa shape index (κ3) is 3.82. The van der Waals surface area contributed by atoms with Gasteiger partial charge in [0, 0.05) is 11.6 Å². The lowest BCUT2D eigenvalue weighted by molar-refractivity contribution is -0.125. The summed E-state index contributed by atoms with van der Waals surface area (Å²) in [6.07, 6.45) is 2.24. The molecule has 0 saturated carbocycles. The monoisotopic (exact) mass is 338 g/mol. The van der Waals surface area contributed by atoms with Gasteiger partial charge in [-0.3, -0.25) is 9.59 Å². The first-order chi connectivity index (χ1) is 12.1. The van der Waals surface area contributed by atoms with E-state index in [4.69, 9.17) is 10.5 Å². The molecule has 0 fully saturated rings. The molecular weight excluding hydrogens is 316 g/mol. The summed E-state index contributed by atoms with van der Waals surface area (Å²) in [5.74, 6) is 0.119. The van der Waals surface area contributed by atoms with Crippen LogP contribution in [0.5, 0.6) is 5.75 Å². The van der Waals surface area contributed by atoms with Crippen molar-refractivity contribution in [3.63, 3.8) is 0 Å². The lowest BCUT2D eigenvalue weighted by Gasteiger charge is -2.30. The number of para-hydroxylation sites is 1. The molecule has 2 N–H and O–H groups in total. The third-order valence-corrected chi connectivity index (χ3v) is 4.64. The zero-order chi connectivity index (χ0) is 17.8. The molecule has 1 atom stereocenters. The molecule has 25 heavy (non-hydrogen) atoms. The molecule has 130 valence electrons. The van der Waals surface area contributed by atoms with Gasteiger partial charge in [-0.1, -0.05) is 24.3 Å². The smallest absolute Gasteiger partial charge is 0.237 e. The minimum Gasteiger partial charge on any atom is -0.497 e. The number of carbonyl (C=O) groups is 2. The summed E-state index contributed by atoms with van der Waals surface area (Å²) in [5, 5.41) is 0. The van der Waals surface area contributed by atoms with Crippen LogP contribution in [-0.2, 0) is 22.4 Å². The van der Waals surface area contributed by atoms with Crippen LogP contribution in [0.4, 0.5) is 5.69 Å². The number of nitrogens with two attached hydrogens (primary N) is 1. The average molecular weight is 338 g/mol. The number of methoxy groups -OCH3 is 1. The van der Waals surface area contributed by atoms with E-state index in [0.29, 0.717) is 12.1 Å². The minimum atomic E-state index is -0.516. The van der Waals surface area contributed by atoms with E-state index in [2.05, 4.69) is 0 Å². The second kappa shape index (κ2) is 7.38. The molecule has 0 spiro atoms. The van der Waals surface area contributed by atoms with Crippen molar-refractivity contribution in [2.45, 2.75) is 19.3 Å². The van der Waals surface area contributed by atoms with E-state index in [1.165, 1.54) is 10.5 Å². The molecule has 2 amide bonds. The van der Waals surface area contributed by atoms with Crippen molar-refractivity contribution < 1.29 is 14.3 Å². The molecule has 1 aliphatic rings. The number of rotatable bonds is 5. The number of benzene rings is 2. The fraction of sp³-hybridized carbons (Fsp3) is 0.300. The van der Waals surface area contributed by atoms with E-state index >= 15 is 0 Å². The van der Waals surface area contributed by atoms with Crippen LogP contribution in [-0.4, -0.2) is 25.5 Å². The summed E-state index contributed by atoms with van der Waals surface area (Å²) in [6, 6.07) is 15.2. The minimum absolute atomic E-state index is 0.0496. The van der Waals surface area contributed by atoms with Gasteiger partial charge in [0.05, 0.1) is 7.11 Å². The summed E-state index contributed by atoms with van der Waals surface area (Å²) < 4.78 is 5.27. The van der Waals surface area contributed by atoms with Crippen LogP contribution in [0.25, 0.3) is 0 Å². The Kier molecular flexibility index (Phi) is 5.03. The Hall–Kier alpha value is -2.82. The molecule has 0 heterocycles. The number of amides is 2. The summed E-state index contributed by atoms with van der Waals surface area (Å²) in [5.41, 5.74) is 8.45. The molecule has 2 aromatic carbocycles. The third-order valence-electron chi connectivity index (χ3n) is 4.64. The Morgan fingerprint density at radius 1 is 1.16 bits per heavy atom. The van der Waals surface area contributed by atoms with E-state index in [-0.39, 0.29) is 18.4 Å². The number of aryl methyl sites for hydroxylation is 1. The maximum atomic E-state index is 13.1. The number of hydrogen-bond donors (Lipinski definition) is 1. The number of fused-ring (bicyclic) bond motifs is 1. The van der Waals surface area contributed by atoms with Gasteiger partial charge < -0.3 is 15.4 Å². The molecule has 1 aliphatic carbocycles. The Morgan fingerprint density at radius 2 is 1.92 bits per heavy atom. The Balaban J connectivity index is 1.82. The topological polar surface area (TPSA) is 72.6 Å². The Labute approximate surface area is 147 Å². The molecule has 1 unspecified atom stereocenters. The normalized spacial score (nSPS) is 16.0. The molecule has 2 aromatic rings. The molecule has 5 heteroatoms. The average Bonchev–Trinajstić information content (AvgIpc) is 2.65. The molecular formula is C20H22N2O3. The van der Waals surface area contributed by atoms with Crippen molar-refractivity contribution in [2.24, 2.45) is 11.7 Å².